The van der Waals surface area contributed by atoms with Gasteiger partial charge < -0.3 is 10.6 Å². The van der Waals surface area contributed by atoms with Crippen molar-refractivity contribution in [2.24, 2.45) is 7.05 Å². The molecule has 1 aromatic heterocycles. The van der Waals surface area contributed by atoms with E-state index in [0.29, 0.717) is 5.56 Å². The molecule has 1 fully saturated rings. The number of aryl methyl sites for hydroxylation is 1. The van der Waals surface area contributed by atoms with Crippen LogP contribution in [0.2, 0.25) is 0 Å². The summed E-state index contributed by atoms with van der Waals surface area (Å²) in [5.41, 5.74) is -1.09. The number of carbonyl (C=O) groups excluding carboxylic acids is 2. The van der Waals surface area contributed by atoms with Crippen molar-refractivity contribution in [3.63, 3.8) is 0 Å². The number of benzene rings is 1. The first-order chi connectivity index (χ1) is 12.7. The quantitative estimate of drug-likeness (QED) is 0.854. The molecule has 6 nitrogen and oxygen atoms in total. The molecule has 1 aliphatic carbocycles. The van der Waals surface area contributed by atoms with E-state index < -0.39 is 23.3 Å². The van der Waals surface area contributed by atoms with E-state index >= 15 is 0 Å². The van der Waals surface area contributed by atoms with Gasteiger partial charge in [0.1, 0.15) is 0 Å². The Bertz CT molecular complexity index is 837. The Kier molecular flexibility index (Phi) is 5.20. The number of rotatable bonds is 4. The molecular weight excluding hydrogens is 361 g/mol. The molecule has 1 aromatic carbocycles. The third-order valence-electron chi connectivity index (χ3n) is 4.44. The summed E-state index contributed by atoms with van der Waals surface area (Å²) in [4.78, 5) is 24.4. The second-order valence-corrected chi connectivity index (χ2v) is 6.55. The van der Waals surface area contributed by atoms with Gasteiger partial charge in [-0.05, 0) is 37.1 Å². The lowest BCUT2D eigenvalue weighted by molar-refractivity contribution is -0.141. The van der Waals surface area contributed by atoms with Crippen molar-refractivity contribution in [2.75, 3.05) is 5.32 Å². The third kappa shape index (κ3) is 4.47. The fraction of sp³-hybridized carbons (Fsp3) is 0.389. The Labute approximate surface area is 153 Å². The number of halogens is 3. The summed E-state index contributed by atoms with van der Waals surface area (Å²) in [7, 11) is 1.31. The fourth-order valence-electron chi connectivity index (χ4n) is 3.11. The highest BCUT2D eigenvalue weighted by Crippen LogP contribution is 2.31. The Hall–Kier alpha value is -2.84. The van der Waals surface area contributed by atoms with Gasteiger partial charge in [-0.2, -0.15) is 18.3 Å². The van der Waals surface area contributed by atoms with Gasteiger partial charge >= 0.3 is 6.18 Å². The van der Waals surface area contributed by atoms with Gasteiger partial charge in [-0.3, -0.25) is 14.3 Å². The molecule has 1 heterocycles. The van der Waals surface area contributed by atoms with E-state index in [9.17, 15) is 22.8 Å². The molecule has 0 atom stereocenters. The molecular formula is C18H19F3N4O2. The number of hydrogen-bond acceptors (Lipinski definition) is 3. The van der Waals surface area contributed by atoms with Crippen molar-refractivity contribution < 1.29 is 22.8 Å². The number of nitrogens with zero attached hydrogens (tertiary/aromatic N) is 2. The van der Waals surface area contributed by atoms with Crippen LogP contribution in [0.3, 0.4) is 0 Å². The second-order valence-electron chi connectivity index (χ2n) is 6.55. The highest BCUT2D eigenvalue weighted by Gasteiger charge is 2.39. The highest BCUT2D eigenvalue weighted by atomic mass is 19.4. The van der Waals surface area contributed by atoms with Gasteiger partial charge in [-0.25, -0.2) is 0 Å². The molecule has 1 aliphatic rings. The van der Waals surface area contributed by atoms with Crippen LogP contribution in [0, 0.1) is 0 Å². The van der Waals surface area contributed by atoms with Crippen LogP contribution in [-0.2, 0) is 13.2 Å². The van der Waals surface area contributed by atoms with Gasteiger partial charge in [0.2, 0.25) is 0 Å². The van der Waals surface area contributed by atoms with Crippen LogP contribution in [0.25, 0.3) is 0 Å². The number of aromatic nitrogens is 2. The van der Waals surface area contributed by atoms with Crippen LogP contribution in [-0.4, -0.2) is 27.6 Å². The fourth-order valence-corrected chi connectivity index (χ4v) is 3.11. The summed E-state index contributed by atoms with van der Waals surface area (Å²) < 4.78 is 39.8. The van der Waals surface area contributed by atoms with Crippen LogP contribution >= 0.6 is 0 Å². The number of amides is 2. The topological polar surface area (TPSA) is 76.0 Å². The number of hydrogen-bond donors (Lipinski definition) is 2. The third-order valence-corrected chi connectivity index (χ3v) is 4.44. The molecule has 0 bridgehead atoms. The van der Waals surface area contributed by atoms with E-state index in [4.69, 9.17) is 0 Å². The number of carbonyl (C=O) groups is 2. The molecule has 0 unspecified atom stereocenters. The van der Waals surface area contributed by atoms with Crippen molar-refractivity contribution in [1.82, 2.24) is 15.1 Å². The zero-order valence-electron chi connectivity index (χ0n) is 14.6. The molecule has 9 heteroatoms. The van der Waals surface area contributed by atoms with Crippen molar-refractivity contribution in [1.29, 1.82) is 0 Å². The Morgan fingerprint density at radius 3 is 2.33 bits per heavy atom. The van der Waals surface area contributed by atoms with E-state index in [1.54, 1.807) is 0 Å². The van der Waals surface area contributed by atoms with Gasteiger partial charge in [0.25, 0.3) is 11.8 Å². The van der Waals surface area contributed by atoms with Crippen molar-refractivity contribution in [2.45, 2.75) is 37.9 Å². The van der Waals surface area contributed by atoms with Crippen LogP contribution in [0.4, 0.5) is 18.9 Å². The van der Waals surface area contributed by atoms with Crippen molar-refractivity contribution in [3.8, 4) is 0 Å². The van der Waals surface area contributed by atoms with Crippen LogP contribution in [0.1, 0.15) is 52.1 Å². The molecule has 2 aromatic rings. The van der Waals surface area contributed by atoms with E-state index in [2.05, 4.69) is 15.7 Å². The lowest BCUT2D eigenvalue weighted by Crippen LogP contribution is -2.32. The number of nitrogens with one attached hydrogen (secondary N) is 2. The molecule has 144 valence electrons. The maximum absolute atomic E-state index is 13.0. The monoisotopic (exact) mass is 380 g/mol. The van der Waals surface area contributed by atoms with Gasteiger partial charge in [0.05, 0.1) is 5.56 Å². The molecule has 0 aliphatic heterocycles. The van der Waals surface area contributed by atoms with Crippen LogP contribution < -0.4 is 10.6 Å². The molecule has 0 radical (unpaired) electrons. The first kappa shape index (κ1) is 18.9. The van der Waals surface area contributed by atoms with Crippen LogP contribution in [0.5, 0.6) is 0 Å². The van der Waals surface area contributed by atoms with Gasteiger partial charge in [0, 0.05) is 30.5 Å². The summed E-state index contributed by atoms with van der Waals surface area (Å²) >= 11 is 0. The molecule has 0 spiro atoms. The van der Waals surface area contributed by atoms with Gasteiger partial charge in [0.15, 0.2) is 5.69 Å². The first-order valence-corrected chi connectivity index (χ1v) is 8.57. The lowest BCUT2D eigenvalue weighted by Gasteiger charge is -2.12. The zero-order chi connectivity index (χ0) is 19.6. The van der Waals surface area contributed by atoms with Gasteiger partial charge in [-0.15, -0.1) is 0 Å². The largest absolute Gasteiger partial charge is 0.435 e. The smallest absolute Gasteiger partial charge is 0.349 e. The number of anilines is 1. The Morgan fingerprint density at radius 1 is 1.11 bits per heavy atom. The normalized spacial score (nSPS) is 15.0. The maximum atomic E-state index is 13.0. The summed E-state index contributed by atoms with van der Waals surface area (Å²) in [6.45, 7) is 0. The molecule has 2 N–H and O–H groups in total. The molecule has 2 amide bonds. The molecule has 3 rings (SSSR count). The highest BCUT2D eigenvalue weighted by molar-refractivity contribution is 6.05. The van der Waals surface area contributed by atoms with E-state index in [1.807, 2.05) is 0 Å². The predicted octanol–water partition coefficient (Wildman–Crippen LogP) is 3.36. The number of alkyl halides is 3. The second kappa shape index (κ2) is 7.42. The minimum absolute atomic E-state index is 0.184. The van der Waals surface area contributed by atoms with E-state index in [0.717, 1.165) is 36.6 Å². The summed E-state index contributed by atoms with van der Waals surface area (Å²) in [6.07, 6.45) is 0.422. The van der Waals surface area contributed by atoms with Crippen molar-refractivity contribution >= 4 is 17.5 Å². The summed E-state index contributed by atoms with van der Waals surface area (Å²) in [5.74, 6) is -1.12. The molecule has 1 saturated carbocycles. The lowest BCUT2D eigenvalue weighted by atomic mass is 10.1. The van der Waals surface area contributed by atoms with Crippen molar-refractivity contribution in [3.05, 3.63) is 47.3 Å². The minimum atomic E-state index is -4.73. The average Bonchev–Trinajstić information content (AvgIpc) is 3.24. The van der Waals surface area contributed by atoms with Gasteiger partial charge in [-0.1, -0.05) is 12.8 Å². The summed E-state index contributed by atoms with van der Waals surface area (Å²) in [5, 5.41) is 8.65. The molecule has 0 saturated heterocycles. The SMILES string of the molecule is Cn1cc(C(=O)Nc2ccc(C(=O)NC3CCCC3)cc2)c(C(F)(F)F)n1. The Morgan fingerprint density at radius 2 is 1.74 bits per heavy atom. The predicted molar refractivity (Wildman–Crippen MR) is 92.3 cm³/mol. The van der Waals surface area contributed by atoms with Crippen LogP contribution in [0.15, 0.2) is 30.5 Å². The standard InChI is InChI=1S/C18H19F3N4O2/c1-25-10-14(15(24-25)18(19,20)21)17(27)23-13-8-6-11(7-9-13)16(26)22-12-4-2-3-5-12/h6-10,12H,2-5H2,1H3,(H,22,26)(H,23,27). The Balaban J connectivity index is 1.68. The molecule has 27 heavy (non-hydrogen) atoms. The van der Waals surface area contributed by atoms with E-state index in [-0.39, 0.29) is 17.6 Å². The minimum Gasteiger partial charge on any atom is -0.349 e. The summed E-state index contributed by atoms with van der Waals surface area (Å²) in [6, 6.07) is 6.18. The first-order valence-electron chi connectivity index (χ1n) is 8.57. The van der Waals surface area contributed by atoms with E-state index in [1.165, 1.54) is 31.3 Å². The average molecular weight is 380 g/mol. The maximum Gasteiger partial charge on any atom is 0.435 e. The zero-order valence-corrected chi connectivity index (χ0v) is 14.6.